The van der Waals surface area contributed by atoms with E-state index in [-0.39, 0.29) is 24.4 Å². The highest BCUT2D eigenvalue weighted by Crippen LogP contribution is 2.57. The van der Waals surface area contributed by atoms with E-state index < -0.39 is 5.92 Å². The molecule has 1 heterocycles. The zero-order valence-electron chi connectivity index (χ0n) is 6.85. The van der Waals surface area contributed by atoms with Crippen molar-refractivity contribution >= 4 is 0 Å². The Labute approximate surface area is 70.1 Å². The molecule has 1 unspecified atom stereocenters. The largest absolute Gasteiger partial charge is 0.376 e. The summed E-state index contributed by atoms with van der Waals surface area (Å²) in [5, 5.41) is 0. The van der Waals surface area contributed by atoms with Gasteiger partial charge in [0.15, 0.2) is 0 Å². The first-order valence-electron chi connectivity index (χ1n) is 4.25. The van der Waals surface area contributed by atoms with Gasteiger partial charge in [-0.25, -0.2) is 8.78 Å². The molecule has 0 aromatic carbocycles. The Balaban J connectivity index is 1.92. The lowest BCUT2D eigenvalue weighted by molar-refractivity contribution is -0.160. The van der Waals surface area contributed by atoms with Crippen LogP contribution >= 0.6 is 0 Å². The quantitative estimate of drug-likeness (QED) is 0.652. The van der Waals surface area contributed by atoms with E-state index in [0.717, 1.165) is 6.42 Å². The topological polar surface area (TPSA) is 35.2 Å². The van der Waals surface area contributed by atoms with Gasteiger partial charge < -0.3 is 10.5 Å². The van der Waals surface area contributed by atoms with Gasteiger partial charge in [-0.3, -0.25) is 0 Å². The molecular weight excluding hydrogens is 164 g/mol. The second kappa shape index (κ2) is 2.39. The molecule has 1 saturated carbocycles. The number of alkyl halides is 2. The molecule has 70 valence electrons. The molecule has 2 aliphatic rings. The van der Waals surface area contributed by atoms with Crippen LogP contribution in [0, 0.1) is 5.41 Å². The molecule has 12 heavy (non-hydrogen) atoms. The van der Waals surface area contributed by atoms with Gasteiger partial charge in [0.2, 0.25) is 5.92 Å². The highest BCUT2D eigenvalue weighted by atomic mass is 19.3. The van der Waals surface area contributed by atoms with E-state index in [0.29, 0.717) is 13.2 Å². The van der Waals surface area contributed by atoms with Crippen molar-refractivity contribution in [1.82, 2.24) is 0 Å². The minimum atomic E-state index is -2.44. The van der Waals surface area contributed by atoms with Gasteiger partial charge in [0.25, 0.3) is 0 Å². The lowest BCUT2D eigenvalue weighted by atomic mass is 9.65. The number of hydrogen-bond acceptors (Lipinski definition) is 2. The standard InChI is InChI=1S/C8H13F2NO/c9-8(10)3-7(4-8)1-6(2-11)12-5-7/h6H,1-5,11H2. The van der Waals surface area contributed by atoms with Gasteiger partial charge in [0, 0.05) is 24.8 Å². The second-order valence-corrected chi connectivity index (χ2v) is 4.08. The van der Waals surface area contributed by atoms with Gasteiger partial charge >= 0.3 is 0 Å². The number of hydrogen-bond donors (Lipinski definition) is 1. The van der Waals surface area contributed by atoms with Crippen molar-refractivity contribution < 1.29 is 13.5 Å². The van der Waals surface area contributed by atoms with Gasteiger partial charge in [-0.05, 0) is 6.42 Å². The minimum Gasteiger partial charge on any atom is -0.376 e. The fourth-order valence-electron chi connectivity index (χ4n) is 2.34. The third kappa shape index (κ3) is 1.23. The molecule has 1 spiro atoms. The molecule has 2 N–H and O–H groups in total. The molecule has 2 rings (SSSR count). The summed E-state index contributed by atoms with van der Waals surface area (Å²) >= 11 is 0. The Bertz CT molecular complexity index is 187. The van der Waals surface area contributed by atoms with E-state index >= 15 is 0 Å². The zero-order chi connectivity index (χ0) is 8.82. The molecule has 0 aromatic heterocycles. The van der Waals surface area contributed by atoms with Crippen LogP contribution in [0.5, 0.6) is 0 Å². The van der Waals surface area contributed by atoms with Crippen LogP contribution in [0.4, 0.5) is 8.78 Å². The summed E-state index contributed by atoms with van der Waals surface area (Å²) in [6.07, 6.45) is 0.729. The first-order chi connectivity index (χ1) is 5.55. The smallest absolute Gasteiger partial charge is 0.249 e. The molecule has 2 nitrogen and oxygen atoms in total. The molecule has 0 radical (unpaired) electrons. The summed E-state index contributed by atoms with van der Waals surface area (Å²) in [7, 11) is 0. The number of ether oxygens (including phenoxy) is 1. The van der Waals surface area contributed by atoms with Crippen LogP contribution in [0.1, 0.15) is 19.3 Å². The van der Waals surface area contributed by atoms with Crippen molar-refractivity contribution in [3.63, 3.8) is 0 Å². The van der Waals surface area contributed by atoms with Crippen molar-refractivity contribution in [2.45, 2.75) is 31.3 Å². The molecule has 1 aliphatic carbocycles. The van der Waals surface area contributed by atoms with E-state index in [4.69, 9.17) is 10.5 Å². The van der Waals surface area contributed by atoms with Crippen molar-refractivity contribution in [3.8, 4) is 0 Å². The molecule has 1 atom stereocenters. The number of rotatable bonds is 1. The van der Waals surface area contributed by atoms with Crippen LogP contribution in [0.15, 0.2) is 0 Å². The van der Waals surface area contributed by atoms with Gasteiger partial charge in [0.05, 0.1) is 12.7 Å². The summed E-state index contributed by atoms with van der Waals surface area (Å²) in [6, 6.07) is 0. The van der Waals surface area contributed by atoms with E-state index in [1.54, 1.807) is 0 Å². The van der Waals surface area contributed by atoms with E-state index in [2.05, 4.69) is 0 Å². The average molecular weight is 177 g/mol. The van der Waals surface area contributed by atoms with Gasteiger partial charge in [-0.1, -0.05) is 0 Å². The number of nitrogens with two attached hydrogens (primary N) is 1. The van der Waals surface area contributed by atoms with Crippen molar-refractivity contribution in [1.29, 1.82) is 0 Å². The molecular formula is C8H13F2NO. The first-order valence-corrected chi connectivity index (χ1v) is 4.25. The minimum absolute atomic E-state index is 0.00347. The van der Waals surface area contributed by atoms with Crippen molar-refractivity contribution in [2.75, 3.05) is 13.2 Å². The molecule has 0 aromatic rings. The Morgan fingerprint density at radius 2 is 2.08 bits per heavy atom. The highest BCUT2D eigenvalue weighted by Gasteiger charge is 2.59. The fourth-order valence-corrected chi connectivity index (χ4v) is 2.34. The third-order valence-electron chi connectivity index (χ3n) is 2.82. The maximum absolute atomic E-state index is 12.6. The highest BCUT2D eigenvalue weighted by molar-refractivity contribution is 5.03. The van der Waals surface area contributed by atoms with Gasteiger partial charge in [-0.15, -0.1) is 0 Å². The SMILES string of the molecule is NCC1CC2(CO1)CC(F)(F)C2. The average Bonchev–Trinajstić information content (AvgIpc) is 2.29. The third-order valence-corrected chi connectivity index (χ3v) is 2.82. The molecule has 2 fully saturated rings. The summed E-state index contributed by atoms with van der Waals surface area (Å²) in [5.74, 6) is -2.44. The predicted molar refractivity (Wildman–Crippen MR) is 40.0 cm³/mol. The van der Waals surface area contributed by atoms with E-state index in [9.17, 15) is 8.78 Å². The summed E-state index contributed by atoms with van der Waals surface area (Å²) in [5.41, 5.74) is 5.16. The zero-order valence-corrected chi connectivity index (χ0v) is 6.85. The van der Waals surface area contributed by atoms with Gasteiger partial charge in [0.1, 0.15) is 0 Å². The molecule has 1 saturated heterocycles. The van der Waals surface area contributed by atoms with Crippen LogP contribution in [0.25, 0.3) is 0 Å². The van der Waals surface area contributed by atoms with Gasteiger partial charge in [-0.2, -0.15) is 0 Å². The first kappa shape index (κ1) is 8.38. The fraction of sp³-hybridized carbons (Fsp3) is 1.00. The molecule has 4 heteroatoms. The maximum Gasteiger partial charge on any atom is 0.249 e. The van der Waals surface area contributed by atoms with Crippen LogP contribution in [-0.2, 0) is 4.74 Å². The lowest BCUT2D eigenvalue weighted by Gasteiger charge is -2.43. The molecule has 1 aliphatic heterocycles. The summed E-state index contributed by atoms with van der Waals surface area (Å²) in [6.45, 7) is 0.928. The van der Waals surface area contributed by atoms with Crippen molar-refractivity contribution in [3.05, 3.63) is 0 Å². The molecule has 0 amide bonds. The number of halogens is 2. The monoisotopic (exact) mass is 177 g/mol. The summed E-state index contributed by atoms with van der Waals surface area (Å²) < 4.78 is 30.5. The molecule has 0 bridgehead atoms. The van der Waals surface area contributed by atoms with E-state index in [1.165, 1.54) is 0 Å². The van der Waals surface area contributed by atoms with Crippen molar-refractivity contribution in [2.24, 2.45) is 11.1 Å². The van der Waals surface area contributed by atoms with Crippen LogP contribution in [0.2, 0.25) is 0 Å². The van der Waals surface area contributed by atoms with E-state index in [1.807, 2.05) is 0 Å². The summed E-state index contributed by atoms with van der Waals surface area (Å²) in [4.78, 5) is 0. The Kier molecular flexibility index (Phi) is 1.67. The van der Waals surface area contributed by atoms with Crippen LogP contribution < -0.4 is 5.73 Å². The Hall–Kier alpha value is -0.220. The second-order valence-electron chi connectivity index (χ2n) is 4.08. The lowest BCUT2D eigenvalue weighted by Crippen LogP contribution is -2.46. The Morgan fingerprint density at radius 1 is 1.42 bits per heavy atom. The predicted octanol–water partition coefficient (Wildman–Crippen LogP) is 1.15. The Morgan fingerprint density at radius 3 is 2.50 bits per heavy atom. The van der Waals surface area contributed by atoms with Crippen LogP contribution in [-0.4, -0.2) is 25.2 Å². The maximum atomic E-state index is 12.6. The van der Waals surface area contributed by atoms with Crippen LogP contribution in [0.3, 0.4) is 0 Å². The normalized spacial score (nSPS) is 36.8.